The van der Waals surface area contributed by atoms with Crippen LogP contribution in [0, 0.1) is 0 Å². The smallest absolute Gasteiger partial charge is 0.262 e. The molecule has 1 aliphatic heterocycles. The van der Waals surface area contributed by atoms with Crippen molar-refractivity contribution in [3.8, 4) is 5.75 Å². The van der Waals surface area contributed by atoms with Crippen LogP contribution in [0.1, 0.15) is 25.7 Å². The predicted octanol–water partition coefficient (Wildman–Crippen LogP) is 3.37. The SMILES string of the molecule is O=C(CSc1ccc(O)cc1)Nc1cccc(S(=O)(=O)NC2=NCCCCC2)c1. The first-order chi connectivity index (χ1) is 13.9. The number of hydrogen-bond donors (Lipinski definition) is 3. The number of phenolic OH excluding ortho intramolecular Hbond substituents is 1. The Balaban J connectivity index is 1.61. The Morgan fingerprint density at radius 3 is 2.69 bits per heavy atom. The number of hydrogen-bond acceptors (Lipinski definition) is 6. The van der Waals surface area contributed by atoms with Crippen LogP contribution in [0.25, 0.3) is 0 Å². The van der Waals surface area contributed by atoms with E-state index >= 15 is 0 Å². The topological polar surface area (TPSA) is 108 Å². The summed E-state index contributed by atoms with van der Waals surface area (Å²) in [6.45, 7) is 0.632. The van der Waals surface area contributed by atoms with E-state index in [1.165, 1.54) is 23.9 Å². The molecule has 0 unspecified atom stereocenters. The fourth-order valence-electron chi connectivity index (χ4n) is 2.80. The summed E-state index contributed by atoms with van der Waals surface area (Å²) >= 11 is 1.32. The number of phenols is 1. The van der Waals surface area contributed by atoms with E-state index in [9.17, 15) is 18.3 Å². The molecule has 0 aliphatic carbocycles. The monoisotopic (exact) mass is 433 g/mol. The summed E-state index contributed by atoms with van der Waals surface area (Å²) in [5, 5.41) is 12.0. The normalized spacial score (nSPS) is 14.6. The fraction of sp³-hybridized carbons (Fsp3) is 0.300. The quantitative estimate of drug-likeness (QED) is 0.606. The number of aromatic hydroxyl groups is 1. The van der Waals surface area contributed by atoms with Gasteiger partial charge in [0, 0.05) is 23.5 Å². The number of rotatable bonds is 6. The Morgan fingerprint density at radius 2 is 1.90 bits per heavy atom. The van der Waals surface area contributed by atoms with Gasteiger partial charge < -0.3 is 10.4 Å². The Morgan fingerprint density at radius 1 is 1.10 bits per heavy atom. The number of thioether (sulfide) groups is 1. The van der Waals surface area contributed by atoms with Crippen LogP contribution in [0.15, 0.2) is 63.3 Å². The number of carbonyl (C=O) groups is 1. The molecule has 3 N–H and O–H groups in total. The number of carbonyl (C=O) groups excluding carboxylic acids is 1. The minimum atomic E-state index is -3.75. The van der Waals surface area contributed by atoms with Crippen molar-refractivity contribution < 1.29 is 18.3 Å². The Kier molecular flexibility index (Phi) is 7.16. The van der Waals surface area contributed by atoms with Gasteiger partial charge in [-0.25, -0.2) is 8.42 Å². The summed E-state index contributed by atoms with van der Waals surface area (Å²) < 4.78 is 27.9. The maximum Gasteiger partial charge on any atom is 0.262 e. The van der Waals surface area contributed by atoms with Crippen LogP contribution in [-0.4, -0.2) is 37.6 Å². The number of anilines is 1. The first-order valence-electron chi connectivity index (χ1n) is 9.30. The van der Waals surface area contributed by atoms with Crippen molar-refractivity contribution in [2.45, 2.75) is 35.5 Å². The van der Waals surface area contributed by atoms with Gasteiger partial charge in [0.15, 0.2) is 0 Å². The third-order valence-electron chi connectivity index (χ3n) is 4.26. The standard InChI is InChI=1S/C20H23N3O4S2/c24-16-8-10-17(11-9-16)28-14-20(25)22-15-5-4-6-18(13-15)29(26,27)23-19-7-2-1-3-12-21-19/h4-6,8-11,13,24H,1-3,7,12,14H2,(H,21,23)(H,22,25). The van der Waals surface area contributed by atoms with E-state index in [-0.39, 0.29) is 22.3 Å². The van der Waals surface area contributed by atoms with E-state index in [0.29, 0.717) is 24.5 Å². The first kappa shape index (κ1) is 21.2. The van der Waals surface area contributed by atoms with Crippen LogP contribution >= 0.6 is 11.8 Å². The number of benzene rings is 2. The lowest BCUT2D eigenvalue weighted by Gasteiger charge is -2.11. The molecule has 154 valence electrons. The minimum Gasteiger partial charge on any atom is -0.508 e. The second-order valence-electron chi connectivity index (χ2n) is 6.60. The molecule has 3 rings (SSSR count). The molecule has 0 saturated carbocycles. The zero-order chi connectivity index (χ0) is 20.7. The van der Waals surface area contributed by atoms with Crippen LogP contribution in [0.5, 0.6) is 5.75 Å². The van der Waals surface area contributed by atoms with Gasteiger partial charge in [0.25, 0.3) is 10.0 Å². The predicted molar refractivity (Wildman–Crippen MR) is 115 cm³/mol. The second-order valence-corrected chi connectivity index (χ2v) is 9.33. The molecular weight excluding hydrogens is 410 g/mol. The van der Waals surface area contributed by atoms with Crippen molar-refractivity contribution >= 4 is 39.2 Å². The van der Waals surface area contributed by atoms with Gasteiger partial charge in [-0.15, -0.1) is 11.8 Å². The van der Waals surface area contributed by atoms with Crippen LogP contribution < -0.4 is 10.0 Å². The van der Waals surface area contributed by atoms with E-state index in [1.807, 2.05) is 0 Å². The van der Waals surface area contributed by atoms with E-state index in [4.69, 9.17) is 0 Å². The van der Waals surface area contributed by atoms with Gasteiger partial charge in [-0.05, 0) is 55.3 Å². The van der Waals surface area contributed by atoms with Gasteiger partial charge in [0.1, 0.15) is 11.6 Å². The maximum atomic E-state index is 12.7. The van der Waals surface area contributed by atoms with Crippen molar-refractivity contribution in [3.05, 3.63) is 48.5 Å². The number of aliphatic imine (C=N–C) groups is 1. The van der Waals surface area contributed by atoms with Crippen LogP contribution in [-0.2, 0) is 14.8 Å². The molecule has 0 bridgehead atoms. The van der Waals surface area contributed by atoms with Crippen molar-refractivity contribution in [1.29, 1.82) is 0 Å². The molecule has 0 fully saturated rings. The van der Waals surface area contributed by atoms with Crippen molar-refractivity contribution in [2.75, 3.05) is 17.6 Å². The maximum absolute atomic E-state index is 12.7. The molecule has 0 spiro atoms. The molecule has 0 radical (unpaired) electrons. The van der Waals surface area contributed by atoms with Crippen LogP contribution in [0.3, 0.4) is 0 Å². The number of amidine groups is 1. The molecule has 2 aromatic carbocycles. The van der Waals surface area contributed by atoms with E-state index in [0.717, 1.165) is 24.2 Å². The molecule has 9 heteroatoms. The molecule has 1 heterocycles. The average molecular weight is 434 g/mol. The summed E-state index contributed by atoms with van der Waals surface area (Å²) in [5.41, 5.74) is 0.409. The highest BCUT2D eigenvalue weighted by Crippen LogP contribution is 2.21. The number of sulfonamides is 1. The molecule has 1 aliphatic rings. The second kappa shape index (κ2) is 9.80. The third kappa shape index (κ3) is 6.50. The lowest BCUT2D eigenvalue weighted by Crippen LogP contribution is -2.30. The van der Waals surface area contributed by atoms with Gasteiger partial charge in [-0.3, -0.25) is 14.5 Å². The zero-order valence-corrected chi connectivity index (χ0v) is 17.4. The number of amides is 1. The minimum absolute atomic E-state index is 0.0773. The summed E-state index contributed by atoms with van der Waals surface area (Å²) in [4.78, 5) is 17.4. The molecule has 0 atom stereocenters. The fourth-order valence-corrected chi connectivity index (χ4v) is 4.63. The largest absolute Gasteiger partial charge is 0.508 e. The van der Waals surface area contributed by atoms with Crippen molar-refractivity contribution in [2.24, 2.45) is 4.99 Å². The van der Waals surface area contributed by atoms with E-state index in [1.54, 1.807) is 36.4 Å². The summed E-state index contributed by atoms with van der Waals surface area (Å²) in [7, 11) is -3.75. The lowest BCUT2D eigenvalue weighted by molar-refractivity contribution is -0.113. The van der Waals surface area contributed by atoms with Crippen LogP contribution in [0.4, 0.5) is 5.69 Å². The molecule has 2 aromatic rings. The molecule has 1 amide bonds. The average Bonchev–Trinajstić information content (AvgIpc) is 2.96. The van der Waals surface area contributed by atoms with Crippen LogP contribution in [0.2, 0.25) is 0 Å². The highest BCUT2D eigenvalue weighted by atomic mass is 32.2. The Labute approximate surface area is 174 Å². The molecule has 0 aromatic heterocycles. The summed E-state index contributed by atoms with van der Waals surface area (Å²) in [6, 6.07) is 12.7. The van der Waals surface area contributed by atoms with E-state index in [2.05, 4.69) is 15.0 Å². The number of nitrogens with one attached hydrogen (secondary N) is 2. The third-order valence-corrected chi connectivity index (χ3v) is 6.65. The van der Waals surface area contributed by atoms with Crippen molar-refractivity contribution in [3.63, 3.8) is 0 Å². The van der Waals surface area contributed by atoms with Gasteiger partial charge >= 0.3 is 0 Å². The highest BCUT2D eigenvalue weighted by Gasteiger charge is 2.18. The van der Waals surface area contributed by atoms with Gasteiger partial charge in [-0.2, -0.15) is 0 Å². The molecule has 0 saturated heterocycles. The summed E-state index contributed by atoms with van der Waals surface area (Å²) in [5.74, 6) is 0.567. The first-order valence-corrected chi connectivity index (χ1v) is 11.8. The zero-order valence-electron chi connectivity index (χ0n) is 15.8. The Hall–Kier alpha value is -2.52. The van der Waals surface area contributed by atoms with Gasteiger partial charge in [-0.1, -0.05) is 12.5 Å². The lowest BCUT2D eigenvalue weighted by atomic mass is 10.2. The number of nitrogens with zero attached hydrogens (tertiary/aromatic N) is 1. The summed E-state index contributed by atoms with van der Waals surface area (Å²) in [6.07, 6.45) is 3.54. The molecule has 29 heavy (non-hydrogen) atoms. The Bertz CT molecular complexity index is 989. The van der Waals surface area contributed by atoms with E-state index < -0.39 is 10.0 Å². The van der Waals surface area contributed by atoms with Gasteiger partial charge in [0.05, 0.1) is 10.6 Å². The van der Waals surface area contributed by atoms with Crippen molar-refractivity contribution in [1.82, 2.24) is 4.72 Å². The molecule has 7 nitrogen and oxygen atoms in total. The van der Waals surface area contributed by atoms with Gasteiger partial charge in [0.2, 0.25) is 5.91 Å². The highest BCUT2D eigenvalue weighted by molar-refractivity contribution is 8.00. The molecular formula is C20H23N3O4S2.